The topological polar surface area (TPSA) is 102 Å². The fourth-order valence-corrected chi connectivity index (χ4v) is 7.41. The highest BCUT2D eigenvalue weighted by molar-refractivity contribution is 7.18. The molecule has 11 heteroatoms. The summed E-state index contributed by atoms with van der Waals surface area (Å²) in [5.74, 6) is -0.745. The summed E-state index contributed by atoms with van der Waals surface area (Å²) in [5, 5.41) is 3.82. The van der Waals surface area contributed by atoms with Crippen LogP contribution in [0.5, 0.6) is 5.75 Å². The summed E-state index contributed by atoms with van der Waals surface area (Å²) in [4.78, 5) is 41.5. The van der Waals surface area contributed by atoms with Crippen molar-refractivity contribution in [1.82, 2.24) is 10.2 Å². The van der Waals surface area contributed by atoms with Crippen molar-refractivity contribution >= 4 is 52.3 Å². The van der Waals surface area contributed by atoms with E-state index in [-0.39, 0.29) is 30.8 Å². The summed E-state index contributed by atoms with van der Waals surface area (Å²) < 4.78 is 19.7. The van der Waals surface area contributed by atoms with Gasteiger partial charge in [0.2, 0.25) is 11.8 Å². The summed E-state index contributed by atoms with van der Waals surface area (Å²) in [6.45, 7) is 2.46. The van der Waals surface area contributed by atoms with Crippen LogP contribution in [0.4, 0.5) is 4.39 Å². The maximum Gasteiger partial charge on any atom is 0.267 e. The zero-order chi connectivity index (χ0) is 32.8. The number of ether oxygens (including phenoxy) is 1. The molecule has 1 fully saturated rings. The normalized spacial score (nSPS) is 14.1. The van der Waals surface area contributed by atoms with Crippen molar-refractivity contribution in [3.8, 4) is 27.3 Å². The van der Waals surface area contributed by atoms with E-state index >= 15 is 0 Å². The van der Waals surface area contributed by atoms with E-state index in [1.54, 1.807) is 35.2 Å². The average molecular weight is 683 g/mol. The summed E-state index contributed by atoms with van der Waals surface area (Å²) in [5.41, 5.74) is 8.31. The molecule has 0 bridgehead atoms. The molecular formula is C35H34Cl2FN3O4S. The van der Waals surface area contributed by atoms with Crippen LogP contribution < -0.4 is 15.8 Å². The summed E-state index contributed by atoms with van der Waals surface area (Å²) in [6.07, 6.45) is 1.88. The number of likely N-dealkylation sites (tertiary alicyclic amines) is 1. The lowest BCUT2D eigenvalue weighted by atomic mass is 9.73. The van der Waals surface area contributed by atoms with Gasteiger partial charge in [0.1, 0.15) is 17.3 Å². The third kappa shape index (κ3) is 7.54. The first-order valence-corrected chi connectivity index (χ1v) is 16.5. The Hall–Kier alpha value is -3.92. The lowest BCUT2D eigenvalue weighted by Crippen LogP contribution is -2.49. The van der Waals surface area contributed by atoms with Crippen molar-refractivity contribution in [3.05, 3.63) is 99.1 Å². The minimum absolute atomic E-state index is 0.132. The Morgan fingerprint density at radius 1 is 1.00 bits per heavy atom. The van der Waals surface area contributed by atoms with E-state index in [4.69, 9.17) is 33.7 Å². The van der Waals surface area contributed by atoms with E-state index < -0.39 is 11.3 Å². The number of halogens is 3. The Kier molecular flexibility index (Phi) is 10.7. The molecule has 5 rings (SSSR count). The third-order valence-electron chi connectivity index (χ3n) is 8.37. The number of aryl methyl sites for hydroxylation is 1. The van der Waals surface area contributed by atoms with Gasteiger partial charge in [-0.05, 0) is 67.1 Å². The Balaban J connectivity index is 1.47. The first-order valence-electron chi connectivity index (χ1n) is 15.0. The Morgan fingerprint density at radius 3 is 2.30 bits per heavy atom. The van der Waals surface area contributed by atoms with Gasteiger partial charge in [-0.1, -0.05) is 65.7 Å². The van der Waals surface area contributed by atoms with Crippen molar-refractivity contribution < 1.29 is 23.5 Å². The van der Waals surface area contributed by atoms with Crippen LogP contribution in [0.2, 0.25) is 10.0 Å². The molecule has 0 atom stereocenters. The molecule has 1 aliphatic rings. The Morgan fingerprint density at radius 2 is 1.67 bits per heavy atom. The van der Waals surface area contributed by atoms with Crippen molar-refractivity contribution in [3.63, 3.8) is 0 Å². The second kappa shape index (κ2) is 14.7. The van der Waals surface area contributed by atoms with Gasteiger partial charge in [0.15, 0.2) is 5.75 Å². The van der Waals surface area contributed by atoms with E-state index in [1.807, 2.05) is 30.3 Å². The number of rotatable bonds is 11. The third-order valence-corrected chi connectivity index (χ3v) is 10.1. The fraction of sp³-hybridized carbons (Fsp3) is 0.286. The lowest BCUT2D eigenvalue weighted by molar-refractivity contribution is -0.130. The van der Waals surface area contributed by atoms with Gasteiger partial charge < -0.3 is 20.7 Å². The number of piperidine rings is 1. The highest BCUT2D eigenvalue weighted by atomic mass is 35.5. The Labute approximate surface area is 281 Å². The molecule has 0 radical (unpaired) electrons. The van der Waals surface area contributed by atoms with Crippen LogP contribution >= 0.6 is 34.5 Å². The number of nitrogens with one attached hydrogen (secondary N) is 1. The second-order valence-corrected chi connectivity index (χ2v) is 13.2. The van der Waals surface area contributed by atoms with Crippen molar-refractivity contribution in [2.24, 2.45) is 11.1 Å². The van der Waals surface area contributed by atoms with Gasteiger partial charge in [0, 0.05) is 46.1 Å². The first kappa shape index (κ1) is 33.4. The molecule has 3 amide bonds. The molecule has 0 saturated carbocycles. The predicted molar refractivity (Wildman–Crippen MR) is 181 cm³/mol. The number of amides is 3. The highest BCUT2D eigenvalue weighted by Gasteiger charge is 2.41. The molecule has 3 N–H and O–H groups in total. The smallest absolute Gasteiger partial charge is 0.267 e. The van der Waals surface area contributed by atoms with E-state index in [0.29, 0.717) is 65.0 Å². The first-order chi connectivity index (χ1) is 22.1. The second-order valence-electron chi connectivity index (χ2n) is 11.3. The Bertz CT molecular complexity index is 1720. The SMILES string of the molecule is CC(=O)NCCOc1c(C(=O)N2CCC(CCc3ccc(F)cc3)(C(N)=O)CC2)sc(-c2ccccc2Cl)c1-c1ccc(Cl)cc1. The molecule has 0 unspecified atom stereocenters. The highest BCUT2D eigenvalue weighted by Crippen LogP contribution is 2.50. The number of nitrogens with zero attached hydrogens (tertiary/aromatic N) is 1. The molecule has 2 heterocycles. The van der Waals surface area contributed by atoms with Gasteiger partial charge in [0.05, 0.1) is 12.0 Å². The van der Waals surface area contributed by atoms with Gasteiger partial charge in [0.25, 0.3) is 5.91 Å². The average Bonchev–Trinajstić information content (AvgIpc) is 3.42. The van der Waals surface area contributed by atoms with Crippen LogP contribution in [0.3, 0.4) is 0 Å². The number of carbonyl (C=O) groups excluding carboxylic acids is 3. The summed E-state index contributed by atoms with van der Waals surface area (Å²) >= 11 is 14.2. The van der Waals surface area contributed by atoms with Crippen LogP contribution in [0.1, 0.15) is 41.4 Å². The van der Waals surface area contributed by atoms with Gasteiger partial charge in [-0.2, -0.15) is 0 Å². The van der Waals surface area contributed by atoms with Gasteiger partial charge in [-0.25, -0.2) is 4.39 Å². The van der Waals surface area contributed by atoms with Crippen LogP contribution in [0, 0.1) is 11.2 Å². The maximum absolute atomic E-state index is 14.3. The molecule has 1 aromatic heterocycles. The number of nitrogens with two attached hydrogens (primary N) is 1. The molecule has 3 aromatic carbocycles. The molecule has 1 saturated heterocycles. The molecular weight excluding hydrogens is 648 g/mol. The minimum Gasteiger partial charge on any atom is -0.489 e. The lowest BCUT2D eigenvalue weighted by Gasteiger charge is -2.39. The van der Waals surface area contributed by atoms with E-state index in [0.717, 1.165) is 21.6 Å². The number of carbonyl (C=O) groups is 3. The van der Waals surface area contributed by atoms with Crippen LogP contribution in [0.25, 0.3) is 21.6 Å². The molecule has 4 aromatic rings. The number of benzene rings is 3. The zero-order valence-electron chi connectivity index (χ0n) is 25.3. The molecule has 0 spiro atoms. The predicted octanol–water partition coefficient (Wildman–Crippen LogP) is 7.38. The standard InChI is InChI=1S/C35H34Cl2FN3O4S/c1-22(42)40-18-21-45-30-29(24-8-10-25(36)11-9-24)31(27-4-2-3-5-28(27)37)46-32(30)33(43)41-19-16-35(17-20-41,34(39)44)15-14-23-6-12-26(38)13-7-23/h2-13H,14-21H2,1H3,(H2,39,44)(H,40,42). The summed E-state index contributed by atoms with van der Waals surface area (Å²) in [6, 6.07) is 20.9. The number of primary amides is 1. The largest absolute Gasteiger partial charge is 0.489 e. The molecule has 7 nitrogen and oxygen atoms in total. The minimum atomic E-state index is -0.782. The van der Waals surface area contributed by atoms with Crippen molar-refractivity contribution in [2.45, 2.75) is 32.6 Å². The van der Waals surface area contributed by atoms with Crippen molar-refractivity contribution in [2.75, 3.05) is 26.2 Å². The molecule has 46 heavy (non-hydrogen) atoms. The maximum atomic E-state index is 14.3. The van der Waals surface area contributed by atoms with Crippen LogP contribution in [0.15, 0.2) is 72.8 Å². The molecule has 240 valence electrons. The molecule has 0 aliphatic carbocycles. The zero-order valence-corrected chi connectivity index (χ0v) is 27.6. The van der Waals surface area contributed by atoms with Crippen molar-refractivity contribution in [1.29, 1.82) is 0 Å². The van der Waals surface area contributed by atoms with Gasteiger partial charge >= 0.3 is 0 Å². The monoisotopic (exact) mass is 681 g/mol. The van der Waals surface area contributed by atoms with Crippen LogP contribution in [-0.2, 0) is 16.0 Å². The van der Waals surface area contributed by atoms with E-state index in [2.05, 4.69) is 5.32 Å². The number of hydrogen-bond acceptors (Lipinski definition) is 5. The van der Waals surface area contributed by atoms with Crippen LogP contribution in [-0.4, -0.2) is 48.9 Å². The van der Waals surface area contributed by atoms with Gasteiger partial charge in [-0.3, -0.25) is 14.4 Å². The number of thiophene rings is 1. The quantitative estimate of drug-likeness (QED) is 0.161. The summed E-state index contributed by atoms with van der Waals surface area (Å²) in [7, 11) is 0. The van der Waals surface area contributed by atoms with E-state index in [9.17, 15) is 18.8 Å². The number of hydrogen-bond donors (Lipinski definition) is 2. The van der Waals surface area contributed by atoms with Gasteiger partial charge in [-0.15, -0.1) is 11.3 Å². The van der Waals surface area contributed by atoms with E-state index in [1.165, 1.54) is 30.4 Å². The fourth-order valence-electron chi connectivity index (χ4n) is 5.72. The molecule has 1 aliphatic heterocycles.